The Labute approximate surface area is 97.3 Å². The summed E-state index contributed by atoms with van der Waals surface area (Å²) in [5.74, 6) is -3.42. The Morgan fingerprint density at radius 3 is 2.18 bits per heavy atom. The molecule has 0 fully saturated rings. The summed E-state index contributed by atoms with van der Waals surface area (Å²) in [5, 5.41) is 0. The molecule has 0 saturated carbocycles. The van der Waals surface area contributed by atoms with Gasteiger partial charge >= 0.3 is 23.7 Å². The third-order valence-electron chi connectivity index (χ3n) is 1.76. The fraction of sp³-hybridized carbons (Fsp3) is 0.500. The molecule has 0 aromatic rings. The Balaban J connectivity index is 2.69. The van der Waals surface area contributed by atoms with Crippen LogP contribution in [0.3, 0.4) is 0 Å². The molecule has 1 aliphatic rings. The van der Waals surface area contributed by atoms with Gasteiger partial charge in [0.1, 0.15) is 0 Å². The van der Waals surface area contributed by atoms with E-state index in [1.165, 1.54) is 13.8 Å². The first-order chi connectivity index (χ1) is 7.93. The molecular formula is C10H12O7. The third kappa shape index (κ3) is 4.13. The summed E-state index contributed by atoms with van der Waals surface area (Å²) < 4.78 is 19.3. The van der Waals surface area contributed by atoms with E-state index in [4.69, 9.17) is 18.9 Å². The normalized spacial score (nSPS) is 16.7. The van der Waals surface area contributed by atoms with Crippen LogP contribution in [0.25, 0.3) is 0 Å². The molecular weight excluding hydrogens is 232 g/mol. The van der Waals surface area contributed by atoms with Gasteiger partial charge < -0.3 is 18.9 Å². The molecule has 17 heavy (non-hydrogen) atoms. The molecule has 1 aliphatic heterocycles. The Morgan fingerprint density at radius 2 is 1.76 bits per heavy atom. The lowest BCUT2D eigenvalue weighted by molar-refractivity contribution is -0.249. The van der Waals surface area contributed by atoms with E-state index in [0.717, 1.165) is 12.3 Å². The SMILES string of the molecule is CC(=O)OCC1(COC(C)=O)OC=CC(=O)O1. The van der Waals surface area contributed by atoms with E-state index in [9.17, 15) is 14.4 Å². The maximum absolute atomic E-state index is 11.1. The molecule has 7 nitrogen and oxygen atoms in total. The molecule has 94 valence electrons. The number of rotatable bonds is 4. The molecule has 0 aromatic heterocycles. The maximum Gasteiger partial charge on any atom is 0.337 e. The van der Waals surface area contributed by atoms with Crippen molar-refractivity contribution in [1.82, 2.24) is 0 Å². The zero-order chi connectivity index (χ0) is 12.9. The molecule has 0 atom stereocenters. The predicted octanol–water partition coefficient (Wildman–Crippen LogP) is -0.104. The number of hydrogen-bond donors (Lipinski definition) is 0. The van der Waals surface area contributed by atoms with Crippen LogP contribution in [0.5, 0.6) is 0 Å². The van der Waals surface area contributed by atoms with Gasteiger partial charge in [-0.25, -0.2) is 4.79 Å². The lowest BCUT2D eigenvalue weighted by Crippen LogP contribution is -2.48. The minimum Gasteiger partial charge on any atom is -0.457 e. The van der Waals surface area contributed by atoms with Crippen molar-refractivity contribution in [2.24, 2.45) is 0 Å². The zero-order valence-electron chi connectivity index (χ0n) is 9.43. The highest BCUT2D eigenvalue weighted by atomic mass is 16.8. The van der Waals surface area contributed by atoms with Crippen LogP contribution >= 0.6 is 0 Å². The average Bonchev–Trinajstić information content (AvgIpc) is 2.24. The van der Waals surface area contributed by atoms with Gasteiger partial charge in [-0.15, -0.1) is 0 Å². The molecule has 0 aliphatic carbocycles. The van der Waals surface area contributed by atoms with Gasteiger partial charge in [-0.2, -0.15) is 0 Å². The summed E-state index contributed by atoms with van der Waals surface area (Å²) in [6, 6.07) is 0. The Morgan fingerprint density at radius 1 is 1.24 bits per heavy atom. The van der Waals surface area contributed by atoms with Crippen molar-refractivity contribution in [2.45, 2.75) is 19.6 Å². The van der Waals surface area contributed by atoms with Crippen molar-refractivity contribution in [3.05, 3.63) is 12.3 Å². The van der Waals surface area contributed by atoms with E-state index in [2.05, 4.69) is 0 Å². The van der Waals surface area contributed by atoms with Crippen molar-refractivity contribution in [1.29, 1.82) is 0 Å². The van der Waals surface area contributed by atoms with Gasteiger partial charge in [0.25, 0.3) is 0 Å². The first-order valence-corrected chi connectivity index (χ1v) is 4.78. The number of ether oxygens (including phenoxy) is 4. The standard InChI is InChI=1S/C10H12O7/c1-7(11)14-5-10(6-15-8(2)12)16-4-3-9(13)17-10/h3-4H,5-6H2,1-2H3. The van der Waals surface area contributed by atoms with E-state index >= 15 is 0 Å². The summed E-state index contributed by atoms with van der Waals surface area (Å²) in [7, 11) is 0. The number of cyclic esters (lactones) is 1. The average molecular weight is 244 g/mol. The topological polar surface area (TPSA) is 88.1 Å². The van der Waals surface area contributed by atoms with Crippen molar-refractivity contribution in [2.75, 3.05) is 13.2 Å². The van der Waals surface area contributed by atoms with E-state index in [1.807, 2.05) is 0 Å². The van der Waals surface area contributed by atoms with Crippen LogP contribution in [0, 0.1) is 0 Å². The van der Waals surface area contributed by atoms with Crippen LogP contribution in [0.15, 0.2) is 12.3 Å². The van der Waals surface area contributed by atoms with Gasteiger partial charge in [0.05, 0.1) is 12.3 Å². The smallest absolute Gasteiger partial charge is 0.337 e. The highest BCUT2D eigenvalue weighted by molar-refractivity contribution is 5.82. The molecule has 0 bridgehead atoms. The van der Waals surface area contributed by atoms with Gasteiger partial charge in [-0.3, -0.25) is 9.59 Å². The van der Waals surface area contributed by atoms with E-state index in [-0.39, 0.29) is 13.2 Å². The summed E-state index contributed by atoms with van der Waals surface area (Å²) in [4.78, 5) is 32.5. The van der Waals surface area contributed by atoms with Gasteiger partial charge in [0, 0.05) is 13.8 Å². The minimum absolute atomic E-state index is 0.355. The fourth-order valence-electron chi connectivity index (χ4n) is 1.05. The van der Waals surface area contributed by atoms with Crippen molar-refractivity contribution >= 4 is 17.9 Å². The van der Waals surface area contributed by atoms with Crippen molar-refractivity contribution in [3.63, 3.8) is 0 Å². The summed E-state index contributed by atoms with van der Waals surface area (Å²) >= 11 is 0. The van der Waals surface area contributed by atoms with Crippen molar-refractivity contribution < 1.29 is 33.3 Å². The second-order valence-electron chi connectivity index (χ2n) is 3.31. The molecule has 1 heterocycles. The summed E-state index contributed by atoms with van der Waals surface area (Å²) in [6.07, 6.45) is 2.15. The number of esters is 3. The monoisotopic (exact) mass is 244 g/mol. The van der Waals surface area contributed by atoms with E-state index in [1.54, 1.807) is 0 Å². The Kier molecular flexibility index (Phi) is 4.08. The van der Waals surface area contributed by atoms with Crippen LogP contribution < -0.4 is 0 Å². The largest absolute Gasteiger partial charge is 0.457 e. The quantitative estimate of drug-likeness (QED) is 0.503. The first-order valence-electron chi connectivity index (χ1n) is 4.78. The highest BCUT2D eigenvalue weighted by Gasteiger charge is 2.41. The van der Waals surface area contributed by atoms with Gasteiger partial charge in [0.15, 0.2) is 13.2 Å². The number of carbonyl (C=O) groups excluding carboxylic acids is 3. The van der Waals surface area contributed by atoms with Crippen LogP contribution in [-0.2, 0) is 33.3 Å². The molecule has 7 heteroatoms. The Hall–Kier alpha value is -2.05. The summed E-state index contributed by atoms with van der Waals surface area (Å²) in [5.41, 5.74) is 0. The number of hydrogen-bond acceptors (Lipinski definition) is 7. The molecule has 0 unspecified atom stereocenters. The Bertz CT molecular complexity index is 340. The lowest BCUT2D eigenvalue weighted by atomic mass is 10.3. The van der Waals surface area contributed by atoms with Crippen LogP contribution in [0.2, 0.25) is 0 Å². The highest BCUT2D eigenvalue weighted by Crippen LogP contribution is 2.20. The van der Waals surface area contributed by atoms with E-state index < -0.39 is 23.7 Å². The van der Waals surface area contributed by atoms with Crippen LogP contribution in [0.1, 0.15) is 13.8 Å². The second kappa shape index (κ2) is 5.33. The molecule has 0 amide bonds. The predicted molar refractivity (Wildman–Crippen MR) is 52.3 cm³/mol. The van der Waals surface area contributed by atoms with Crippen LogP contribution in [-0.4, -0.2) is 36.9 Å². The fourth-order valence-corrected chi connectivity index (χ4v) is 1.05. The van der Waals surface area contributed by atoms with Gasteiger partial charge in [0.2, 0.25) is 0 Å². The molecule has 0 radical (unpaired) electrons. The summed E-state index contributed by atoms with van der Waals surface area (Å²) in [6.45, 7) is 1.68. The third-order valence-corrected chi connectivity index (χ3v) is 1.76. The first kappa shape index (κ1) is 13.0. The molecule has 0 aromatic carbocycles. The molecule has 1 rings (SSSR count). The zero-order valence-corrected chi connectivity index (χ0v) is 9.43. The second-order valence-corrected chi connectivity index (χ2v) is 3.31. The molecule has 0 spiro atoms. The maximum atomic E-state index is 11.1. The number of carbonyl (C=O) groups is 3. The van der Waals surface area contributed by atoms with Crippen LogP contribution in [0.4, 0.5) is 0 Å². The van der Waals surface area contributed by atoms with Crippen molar-refractivity contribution in [3.8, 4) is 0 Å². The van der Waals surface area contributed by atoms with Gasteiger partial charge in [-0.1, -0.05) is 0 Å². The molecule has 0 N–H and O–H groups in total. The lowest BCUT2D eigenvalue weighted by Gasteiger charge is -2.32. The van der Waals surface area contributed by atoms with Gasteiger partial charge in [-0.05, 0) is 0 Å². The van der Waals surface area contributed by atoms with E-state index in [0.29, 0.717) is 0 Å². The minimum atomic E-state index is -1.61. The molecule has 0 saturated heterocycles.